The molecule has 0 atom stereocenters. The number of hydrogen-bond acceptors (Lipinski definition) is 8. The second-order valence-electron chi connectivity index (χ2n) is 11.1. The van der Waals surface area contributed by atoms with Crippen LogP contribution in [0.2, 0.25) is 0 Å². The van der Waals surface area contributed by atoms with Crippen molar-refractivity contribution in [3.05, 3.63) is 72.8 Å². The van der Waals surface area contributed by atoms with Crippen LogP contribution in [0.25, 0.3) is 0 Å². The van der Waals surface area contributed by atoms with Crippen LogP contribution in [0.4, 0.5) is 24.5 Å². The number of anilines is 2. The Morgan fingerprint density at radius 2 is 1.26 bits per heavy atom. The van der Waals surface area contributed by atoms with E-state index in [9.17, 15) is 26.4 Å². The molecular formula is C30H37F3N2O6S2. The molecule has 236 valence electrons. The van der Waals surface area contributed by atoms with Gasteiger partial charge in [0.1, 0.15) is 11.4 Å². The third kappa shape index (κ3) is 9.28. The third-order valence-electron chi connectivity index (χ3n) is 5.83. The molecule has 0 N–H and O–H groups in total. The van der Waals surface area contributed by atoms with E-state index < -0.39 is 50.5 Å². The number of halogens is 3. The Bertz CT molecular complexity index is 1450. The van der Waals surface area contributed by atoms with Crippen LogP contribution in [-0.2, 0) is 23.3 Å². The lowest BCUT2D eigenvalue weighted by atomic mass is 10.2. The summed E-state index contributed by atoms with van der Waals surface area (Å²) in [4.78, 5) is 16.9. The van der Waals surface area contributed by atoms with Gasteiger partial charge in [0.25, 0.3) is 10.1 Å². The maximum atomic E-state index is 13.5. The Balaban J connectivity index is 2.27. The lowest BCUT2D eigenvalue weighted by molar-refractivity contribution is -0.157. The molecule has 0 aliphatic heterocycles. The van der Waals surface area contributed by atoms with E-state index in [2.05, 4.69) is 0 Å². The zero-order valence-corrected chi connectivity index (χ0v) is 26.8. The van der Waals surface area contributed by atoms with Crippen molar-refractivity contribution in [1.29, 1.82) is 0 Å². The molecule has 43 heavy (non-hydrogen) atoms. The van der Waals surface area contributed by atoms with Gasteiger partial charge in [0.2, 0.25) is 0 Å². The highest BCUT2D eigenvalue weighted by molar-refractivity contribution is 8.33. The van der Waals surface area contributed by atoms with Gasteiger partial charge in [-0.3, -0.25) is 0 Å². The summed E-state index contributed by atoms with van der Waals surface area (Å²) in [5, 5.41) is 0. The molecule has 0 bridgehead atoms. The quantitative estimate of drug-likeness (QED) is 0.215. The van der Waals surface area contributed by atoms with Gasteiger partial charge in [-0.05, 0) is 97.8 Å². The maximum absolute atomic E-state index is 13.5. The summed E-state index contributed by atoms with van der Waals surface area (Å²) in [6, 6.07) is 19.6. The lowest BCUT2D eigenvalue weighted by Gasteiger charge is -2.40. The van der Waals surface area contributed by atoms with Crippen LogP contribution in [0.15, 0.2) is 87.5 Å². The van der Waals surface area contributed by atoms with Gasteiger partial charge in [-0.1, -0.05) is 6.07 Å². The van der Waals surface area contributed by atoms with Crippen LogP contribution < -0.4 is 14.5 Å². The molecule has 0 saturated carbocycles. The van der Waals surface area contributed by atoms with Gasteiger partial charge >= 0.3 is 12.1 Å². The van der Waals surface area contributed by atoms with Crippen molar-refractivity contribution in [1.82, 2.24) is 0 Å². The summed E-state index contributed by atoms with van der Waals surface area (Å²) >= 11 is 0. The van der Waals surface area contributed by atoms with Crippen LogP contribution in [0.5, 0.6) is 5.75 Å². The summed E-state index contributed by atoms with van der Waals surface area (Å²) in [7, 11) is -1.24. The first-order chi connectivity index (χ1) is 19.8. The van der Waals surface area contributed by atoms with E-state index in [0.717, 1.165) is 11.4 Å². The molecule has 0 fully saturated rings. The van der Waals surface area contributed by atoms with Gasteiger partial charge in [0.15, 0.2) is 12.4 Å². The summed E-state index contributed by atoms with van der Waals surface area (Å²) < 4.78 is 83.4. The Kier molecular flexibility index (Phi) is 10.4. The molecular weight excluding hydrogens is 605 g/mol. The van der Waals surface area contributed by atoms with Crippen LogP contribution in [0, 0.1) is 0 Å². The van der Waals surface area contributed by atoms with E-state index in [1.165, 1.54) is 6.07 Å². The molecule has 0 unspecified atom stereocenters. The largest absolute Gasteiger partial charge is 0.482 e. The molecule has 3 aromatic rings. The minimum absolute atomic E-state index is 0.173. The molecule has 0 aliphatic carbocycles. The predicted molar refractivity (Wildman–Crippen MR) is 163 cm³/mol. The standard InChI is InChI=1S/C30H37F3N2O6S2/c1-29(2,3)40-28(36)20-39-24-9-8-10-27(19-24)43(41-42(37,38)21-30(31,32)33,25-15-11-22(12-16-25)34(4)5)26-17-13-23(14-18-26)35(6)7/h8-19H,20-21H2,1-7H3. The van der Waals surface area contributed by atoms with Gasteiger partial charge in [-0.15, -0.1) is 0 Å². The Labute approximate surface area is 253 Å². The molecule has 13 heteroatoms. The fourth-order valence-corrected chi connectivity index (χ4v) is 9.22. The number of ether oxygens (including phenoxy) is 2. The molecule has 0 aliphatic rings. The highest BCUT2D eigenvalue weighted by atomic mass is 32.3. The highest BCUT2D eigenvalue weighted by Gasteiger charge is 2.43. The first-order valence-electron chi connectivity index (χ1n) is 13.1. The second kappa shape index (κ2) is 13.1. The number of carbonyl (C=O) groups excluding carboxylic acids is 1. The smallest absolute Gasteiger partial charge is 0.405 e. The molecule has 3 rings (SSSR count). The molecule has 8 nitrogen and oxygen atoms in total. The second-order valence-corrected chi connectivity index (χ2v) is 15.5. The van der Waals surface area contributed by atoms with Crippen molar-refractivity contribution in [3.8, 4) is 5.75 Å². The van der Waals surface area contributed by atoms with E-state index >= 15 is 0 Å². The number of benzene rings is 3. The van der Waals surface area contributed by atoms with Gasteiger partial charge in [0, 0.05) is 54.3 Å². The number of alkyl halides is 3. The Morgan fingerprint density at radius 1 is 0.767 bits per heavy atom. The minimum Gasteiger partial charge on any atom is -0.482 e. The minimum atomic E-state index is -5.18. The van der Waals surface area contributed by atoms with Gasteiger partial charge in [0.05, 0.1) is 0 Å². The number of hydrogen-bond donors (Lipinski definition) is 0. The Hall–Kier alpha value is -3.42. The monoisotopic (exact) mass is 642 g/mol. The first kappa shape index (κ1) is 34.1. The van der Waals surface area contributed by atoms with Crippen molar-refractivity contribution in [3.63, 3.8) is 0 Å². The molecule has 0 aromatic heterocycles. The van der Waals surface area contributed by atoms with E-state index in [1.54, 1.807) is 87.5 Å². The van der Waals surface area contributed by atoms with Gasteiger partial charge < -0.3 is 19.3 Å². The number of esters is 1. The van der Waals surface area contributed by atoms with Gasteiger partial charge in [-0.2, -0.15) is 21.6 Å². The van der Waals surface area contributed by atoms with Gasteiger partial charge in [-0.25, -0.2) is 8.42 Å². The molecule has 0 spiro atoms. The molecule has 0 heterocycles. The van der Waals surface area contributed by atoms with Crippen molar-refractivity contribution in [2.75, 3.05) is 50.4 Å². The van der Waals surface area contributed by atoms with Crippen LogP contribution >= 0.6 is 10.3 Å². The molecule has 3 aromatic carbocycles. The van der Waals surface area contributed by atoms with E-state index in [-0.39, 0.29) is 10.6 Å². The van der Waals surface area contributed by atoms with Crippen molar-refractivity contribution < 1.29 is 39.5 Å². The van der Waals surface area contributed by atoms with E-state index in [1.807, 2.05) is 38.0 Å². The van der Waals surface area contributed by atoms with Crippen LogP contribution in [0.1, 0.15) is 20.8 Å². The summed E-state index contributed by atoms with van der Waals surface area (Å²) in [5.41, 5.74) is 0.833. The zero-order valence-electron chi connectivity index (χ0n) is 25.1. The average molecular weight is 643 g/mol. The molecule has 0 radical (unpaired) electrons. The number of rotatable bonds is 11. The average Bonchev–Trinajstić information content (AvgIpc) is 2.88. The van der Waals surface area contributed by atoms with Crippen molar-refractivity contribution in [2.45, 2.75) is 47.2 Å². The SMILES string of the molecule is CN(C)c1ccc(S(OS(=O)(=O)CC(F)(F)F)(c2ccc(N(C)C)cc2)c2cccc(OCC(=O)OC(C)(C)C)c2)cc1. The van der Waals surface area contributed by atoms with E-state index in [4.69, 9.17) is 13.1 Å². The van der Waals surface area contributed by atoms with E-state index in [0.29, 0.717) is 9.79 Å². The Morgan fingerprint density at radius 3 is 1.67 bits per heavy atom. The van der Waals surface area contributed by atoms with Crippen molar-refractivity contribution >= 4 is 37.8 Å². The maximum Gasteiger partial charge on any atom is 0.405 e. The summed E-state index contributed by atoms with van der Waals surface area (Å²) in [5.74, 6) is -2.62. The number of carbonyl (C=O) groups is 1. The topological polar surface area (TPSA) is 85.4 Å². The first-order valence-corrected chi connectivity index (χ1v) is 16.3. The third-order valence-corrected chi connectivity index (χ3v) is 10.9. The lowest BCUT2D eigenvalue weighted by Crippen LogP contribution is -2.27. The predicted octanol–water partition coefficient (Wildman–Crippen LogP) is 6.64. The highest BCUT2D eigenvalue weighted by Crippen LogP contribution is 2.70. The molecule has 0 amide bonds. The molecule has 0 saturated heterocycles. The zero-order chi connectivity index (χ0) is 32.2. The van der Waals surface area contributed by atoms with Crippen LogP contribution in [-0.4, -0.2) is 66.7 Å². The fraction of sp³-hybridized carbons (Fsp3) is 0.367. The summed E-state index contributed by atoms with van der Waals surface area (Å²) in [6.07, 6.45) is -5.04. The normalized spacial score (nSPS) is 12.9. The number of nitrogens with zero attached hydrogens (tertiary/aromatic N) is 2. The summed E-state index contributed by atoms with van der Waals surface area (Å²) in [6.45, 7) is 4.70. The fourth-order valence-electron chi connectivity index (χ4n) is 4.03. The van der Waals surface area contributed by atoms with Crippen molar-refractivity contribution in [2.24, 2.45) is 0 Å². The van der Waals surface area contributed by atoms with Crippen LogP contribution in [0.3, 0.4) is 0 Å².